The molecule has 0 saturated carbocycles. The first-order valence-electron chi connectivity index (χ1n) is 15.3. The van der Waals surface area contributed by atoms with E-state index in [1.807, 2.05) is 72.8 Å². The lowest BCUT2D eigenvalue weighted by molar-refractivity contribution is -0.117. The van der Waals surface area contributed by atoms with Crippen molar-refractivity contribution >= 4 is 46.1 Å². The number of ether oxygens (including phenoxy) is 1. The first-order chi connectivity index (χ1) is 22.1. The Balaban J connectivity index is 1.37. The van der Waals surface area contributed by atoms with Crippen molar-refractivity contribution in [3.8, 4) is 11.3 Å². The first-order valence-corrected chi connectivity index (χ1v) is 15.7. The maximum atomic E-state index is 13.9. The van der Waals surface area contributed by atoms with Gasteiger partial charge in [0.05, 0.1) is 23.2 Å². The summed E-state index contributed by atoms with van der Waals surface area (Å²) >= 11 is 6.71. The van der Waals surface area contributed by atoms with E-state index in [0.29, 0.717) is 41.6 Å². The number of carbonyl (C=O) groups excluding carboxylic acids is 2. The average molecular weight is 635 g/mol. The number of hydrogen-bond acceptors (Lipinski definition) is 4. The van der Waals surface area contributed by atoms with E-state index in [1.54, 1.807) is 31.4 Å². The molecule has 1 unspecified atom stereocenters. The van der Waals surface area contributed by atoms with Gasteiger partial charge in [-0.25, -0.2) is 0 Å². The largest absolute Gasteiger partial charge is 0.456 e. The molecule has 0 bridgehead atoms. The Morgan fingerprint density at radius 1 is 0.935 bits per heavy atom. The van der Waals surface area contributed by atoms with E-state index in [1.165, 1.54) is 0 Å². The van der Waals surface area contributed by atoms with E-state index >= 15 is 0 Å². The molecule has 2 N–H and O–H groups in total. The maximum absolute atomic E-state index is 13.9. The second-order valence-corrected chi connectivity index (χ2v) is 12.8. The molecule has 5 rings (SSSR count). The molecule has 1 aromatic heterocycles. The van der Waals surface area contributed by atoms with Crippen molar-refractivity contribution in [2.24, 2.45) is 5.41 Å². The highest BCUT2D eigenvalue weighted by atomic mass is 35.5. The third-order valence-electron chi connectivity index (χ3n) is 7.62. The fourth-order valence-corrected chi connectivity index (χ4v) is 5.29. The van der Waals surface area contributed by atoms with E-state index < -0.39 is 5.92 Å². The van der Waals surface area contributed by atoms with E-state index in [9.17, 15) is 9.59 Å². The summed E-state index contributed by atoms with van der Waals surface area (Å²) in [6.45, 7) is 7.34. The van der Waals surface area contributed by atoms with Crippen LogP contribution in [0.1, 0.15) is 53.7 Å². The Morgan fingerprint density at radius 3 is 2.35 bits per heavy atom. The van der Waals surface area contributed by atoms with Gasteiger partial charge in [-0.15, -0.1) is 0 Å². The van der Waals surface area contributed by atoms with Crippen LogP contribution in [0.25, 0.3) is 28.4 Å². The monoisotopic (exact) mass is 634 g/mol. The second kappa shape index (κ2) is 14.6. The standard InChI is InChI=1S/C39H39ClN2O4/c1-39(2,3)20-19-26-9-13-28(14-10-26)32(23-27-11-15-29(16-12-27)37(43)41-21-22-45-4)38(44)42-34-18-17-31(24-33(34)40)36-25-30-7-5-6-8-35(30)46-36/h5-20,24-25,32H,21-23H2,1-4H3,(H,41,43)(H,42,44)/b20-19+. The Labute approximate surface area is 275 Å². The normalized spacial score (nSPS) is 12.4. The van der Waals surface area contributed by atoms with E-state index in [-0.39, 0.29) is 17.2 Å². The van der Waals surface area contributed by atoms with Crippen molar-refractivity contribution in [1.82, 2.24) is 5.32 Å². The van der Waals surface area contributed by atoms with E-state index in [4.69, 9.17) is 20.8 Å². The van der Waals surface area contributed by atoms with E-state index in [0.717, 1.165) is 33.2 Å². The molecule has 0 aliphatic heterocycles. The molecule has 1 heterocycles. The van der Waals surface area contributed by atoms with E-state index in [2.05, 4.69) is 43.6 Å². The minimum atomic E-state index is -0.506. The smallest absolute Gasteiger partial charge is 0.251 e. The van der Waals surface area contributed by atoms with Gasteiger partial charge in [-0.1, -0.05) is 99.1 Å². The second-order valence-electron chi connectivity index (χ2n) is 12.4. The zero-order chi connectivity index (χ0) is 32.7. The SMILES string of the molecule is COCCNC(=O)c1ccc(CC(C(=O)Nc2ccc(-c3cc4ccccc4o3)cc2Cl)c2ccc(/C=C/C(C)(C)C)cc2)cc1. The number of allylic oxidation sites excluding steroid dienone is 1. The van der Waals surface area contributed by atoms with Gasteiger partial charge in [-0.2, -0.15) is 0 Å². The first kappa shape index (κ1) is 32.7. The minimum Gasteiger partial charge on any atom is -0.456 e. The van der Waals surface area contributed by atoms with Crippen molar-refractivity contribution in [3.63, 3.8) is 0 Å². The number of furan rings is 1. The van der Waals surface area contributed by atoms with Gasteiger partial charge in [0.2, 0.25) is 5.91 Å². The Kier molecular flexibility index (Phi) is 10.4. The van der Waals surface area contributed by atoms with Crippen LogP contribution in [-0.4, -0.2) is 32.1 Å². The Hall–Kier alpha value is -4.65. The molecule has 0 spiro atoms. The molecule has 46 heavy (non-hydrogen) atoms. The van der Waals surface area contributed by atoms with Crippen molar-refractivity contribution in [3.05, 3.63) is 130 Å². The molecule has 4 aromatic carbocycles. The summed E-state index contributed by atoms with van der Waals surface area (Å²) < 4.78 is 11.0. The lowest BCUT2D eigenvalue weighted by atomic mass is 9.89. The van der Waals surface area contributed by atoms with Crippen molar-refractivity contribution in [1.29, 1.82) is 0 Å². The van der Waals surface area contributed by atoms with Crippen molar-refractivity contribution < 1.29 is 18.7 Å². The van der Waals surface area contributed by atoms with Crippen LogP contribution in [0.5, 0.6) is 0 Å². The summed E-state index contributed by atoms with van der Waals surface area (Å²) in [7, 11) is 1.59. The van der Waals surface area contributed by atoms with Gasteiger partial charge in [-0.05, 0) is 71.0 Å². The van der Waals surface area contributed by atoms with Crippen LogP contribution in [0.15, 0.2) is 108 Å². The number of hydrogen-bond donors (Lipinski definition) is 2. The lowest BCUT2D eigenvalue weighted by Crippen LogP contribution is -2.27. The number of halogens is 1. The summed E-state index contributed by atoms with van der Waals surface area (Å²) in [5.74, 6) is -0.154. The highest BCUT2D eigenvalue weighted by Crippen LogP contribution is 2.33. The summed E-state index contributed by atoms with van der Waals surface area (Å²) in [5.41, 5.74) is 5.61. The number of methoxy groups -OCH3 is 1. The predicted octanol–water partition coefficient (Wildman–Crippen LogP) is 9.15. The molecule has 236 valence electrons. The van der Waals surface area contributed by atoms with Crippen LogP contribution >= 0.6 is 11.6 Å². The predicted molar refractivity (Wildman–Crippen MR) is 187 cm³/mol. The van der Waals surface area contributed by atoms with Gasteiger partial charge in [0.15, 0.2) is 0 Å². The van der Waals surface area contributed by atoms with Crippen molar-refractivity contribution in [2.45, 2.75) is 33.1 Å². The molecular weight excluding hydrogens is 596 g/mol. The third-order valence-corrected chi connectivity index (χ3v) is 7.93. The number of para-hydroxylation sites is 1. The minimum absolute atomic E-state index is 0.0627. The molecule has 2 amide bonds. The highest BCUT2D eigenvalue weighted by Gasteiger charge is 2.23. The van der Waals surface area contributed by atoms with Gasteiger partial charge in [-0.3, -0.25) is 9.59 Å². The van der Waals surface area contributed by atoms with Gasteiger partial charge >= 0.3 is 0 Å². The van der Waals surface area contributed by atoms with Crippen LogP contribution in [0.2, 0.25) is 5.02 Å². The zero-order valence-corrected chi connectivity index (χ0v) is 27.4. The lowest BCUT2D eigenvalue weighted by Gasteiger charge is -2.19. The fraction of sp³-hybridized carbons (Fsp3) is 0.231. The highest BCUT2D eigenvalue weighted by molar-refractivity contribution is 6.34. The van der Waals surface area contributed by atoms with Crippen molar-refractivity contribution in [2.75, 3.05) is 25.6 Å². The number of carbonyl (C=O) groups is 2. The zero-order valence-electron chi connectivity index (χ0n) is 26.6. The van der Waals surface area contributed by atoms with Gasteiger partial charge in [0.1, 0.15) is 11.3 Å². The quantitative estimate of drug-likeness (QED) is 0.142. The van der Waals surface area contributed by atoms with Gasteiger partial charge in [0.25, 0.3) is 5.91 Å². The molecule has 0 radical (unpaired) electrons. The molecular formula is C39H39ClN2O4. The number of benzene rings is 4. The summed E-state index contributed by atoms with van der Waals surface area (Å²) in [4.78, 5) is 26.4. The third kappa shape index (κ3) is 8.53. The molecule has 6 nitrogen and oxygen atoms in total. The average Bonchev–Trinajstić information content (AvgIpc) is 3.48. The molecule has 5 aromatic rings. The molecule has 0 saturated heterocycles. The van der Waals surface area contributed by atoms with Gasteiger partial charge < -0.3 is 19.8 Å². The molecule has 7 heteroatoms. The summed E-state index contributed by atoms with van der Waals surface area (Å²) in [6, 6.07) is 30.7. The van der Waals surface area contributed by atoms with Crippen LogP contribution in [0.3, 0.4) is 0 Å². The number of fused-ring (bicyclic) bond motifs is 1. The van der Waals surface area contributed by atoms with Gasteiger partial charge in [0, 0.05) is 30.2 Å². The summed E-state index contributed by atoms with van der Waals surface area (Å²) in [6.07, 6.45) is 4.69. The van der Waals surface area contributed by atoms with Crippen LogP contribution in [-0.2, 0) is 16.0 Å². The van der Waals surface area contributed by atoms with Crippen LogP contribution < -0.4 is 10.6 Å². The number of amides is 2. The molecule has 0 fully saturated rings. The molecule has 1 atom stereocenters. The summed E-state index contributed by atoms with van der Waals surface area (Å²) in [5, 5.41) is 7.31. The number of nitrogens with one attached hydrogen (secondary N) is 2. The molecule has 0 aliphatic carbocycles. The number of anilines is 1. The number of rotatable bonds is 11. The van der Waals surface area contributed by atoms with Crippen LogP contribution in [0, 0.1) is 5.41 Å². The Bertz CT molecular complexity index is 1800. The maximum Gasteiger partial charge on any atom is 0.251 e. The molecule has 0 aliphatic rings. The Morgan fingerprint density at radius 2 is 1.67 bits per heavy atom. The topological polar surface area (TPSA) is 80.6 Å². The fourth-order valence-electron chi connectivity index (χ4n) is 5.06. The van der Waals surface area contributed by atoms with Crippen LogP contribution in [0.4, 0.5) is 5.69 Å².